The average molecular weight is 528 g/mol. The quantitative estimate of drug-likeness (QED) is 0.317. The van der Waals surface area contributed by atoms with Gasteiger partial charge in [0.2, 0.25) is 5.91 Å². The highest BCUT2D eigenvalue weighted by atomic mass is 35.5. The highest BCUT2D eigenvalue weighted by Gasteiger charge is 2.39. The molecular formula is C21H20ClF2N5O5S. The maximum Gasteiger partial charge on any atom is 0.347 e. The number of pyridine rings is 1. The maximum absolute atomic E-state index is 14.4. The molecule has 3 rings (SSSR count). The second kappa shape index (κ2) is 10.4. The van der Waals surface area contributed by atoms with E-state index in [0.717, 1.165) is 29.3 Å². The van der Waals surface area contributed by atoms with Gasteiger partial charge in [0.15, 0.2) is 21.9 Å². The monoisotopic (exact) mass is 527 g/mol. The summed E-state index contributed by atoms with van der Waals surface area (Å²) < 4.78 is 53.5. The number of hydrogen-bond acceptors (Lipinski definition) is 7. The summed E-state index contributed by atoms with van der Waals surface area (Å²) in [6, 6.07) is 9.61. The molecule has 2 aromatic heterocycles. The Bertz CT molecular complexity index is 1420. The van der Waals surface area contributed by atoms with Gasteiger partial charge in [-0.05, 0) is 17.7 Å². The number of nitrogens with one attached hydrogen (secondary N) is 2. The van der Waals surface area contributed by atoms with E-state index in [9.17, 15) is 32.0 Å². The van der Waals surface area contributed by atoms with Crippen LogP contribution >= 0.6 is 11.6 Å². The summed E-state index contributed by atoms with van der Waals surface area (Å²) in [4.78, 5) is 28.9. The molecule has 186 valence electrons. The van der Waals surface area contributed by atoms with Gasteiger partial charge in [-0.25, -0.2) is 13.4 Å². The fraction of sp³-hybridized carbons (Fsp3) is 0.238. The molecule has 1 aromatic carbocycles. The Morgan fingerprint density at radius 1 is 1.23 bits per heavy atom. The van der Waals surface area contributed by atoms with Crippen LogP contribution < -0.4 is 20.9 Å². The number of aromatic nitrogens is 3. The number of hydrogen-bond donors (Lipinski definition) is 2. The first kappa shape index (κ1) is 26.0. The second-order valence-corrected chi connectivity index (χ2v) is 9.82. The minimum atomic E-state index is -3.63. The predicted molar refractivity (Wildman–Crippen MR) is 123 cm³/mol. The van der Waals surface area contributed by atoms with Crippen molar-refractivity contribution >= 4 is 33.2 Å². The Balaban J connectivity index is 1.72. The van der Waals surface area contributed by atoms with Crippen LogP contribution in [0.1, 0.15) is 11.3 Å². The summed E-state index contributed by atoms with van der Waals surface area (Å²) >= 11 is 5.98. The van der Waals surface area contributed by atoms with Crippen LogP contribution in [0.4, 0.5) is 14.6 Å². The summed E-state index contributed by atoms with van der Waals surface area (Å²) in [5.74, 6) is -4.82. The van der Waals surface area contributed by atoms with Crippen molar-refractivity contribution in [2.75, 3.05) is 18.1 Å². The third-order valence-electron chi connectivity index (χ3n) is 4.83. The summed E-state index contributed by atoms with van der Waals surface area (Å²) in [6.45, 7) is -1.83. The largest absolute Gasteiger partial charge is 0.618 e. The number of amides is 1. The van der Waals surface area contributed by atoms with Gasteiger partial charge in [0.1, 0.15) is 11.7 Å². The number of rotatable bonds is 9. The van der Waals surface area contributed by atoms with Crippen molar-refractivity contribution in [3.8, 4) is 0 Å². The Labute approximate surface area is 203 Å². The summed E-state index contributed by atoms with van der Waals surface area (Å²) in [5, 5.41) is 16.1. The zero-order valence-electron chi connectivity index (χ0n) is 18.2. The second-order valence-electron chi connectivity index (χ2n) is 7.45. The first-order chi connectivity index (χ1) is 16.4. The van der Waals surface area contributed by atoms with E-state index in [1.165, 1.54) is 24.3 Å². The van der Waals surface area contributed by atoms with Gasteiger partial charge in [0.05, 0.1) is 17.6 Å². The van der Waals surface area contributed by atoms with Gasteiger partial charge in [0.25, 0.3) is 11.3 Å². The van der Waals surface area contributed by atoms with Crippen LogP contribution in [0.2, 0.25) is 5.15 Å². The zero-order chi connectivity index (χ0) is 25.8. The summed E-state index contributed by atoms with van der Waals surface area (Å²) in [7, 11) is -3.53. The molecule has 0 bridgehead atoms. The van der Waals surface area contributed by atoms with Gasteiger partial charge in [0, 0.05) is 24.9 Å². The molecule has 35 heavy (non-hydrogen) atoms. The standard InChI is InChI=1S/C21H20ClF2N5O5S/c1-35(33,34)15-7-3-2-6-14(15)10-25-18(30)12-28-17(22)11-26-19(20(28)31)27-13-21(23,24)16-8-4-5-9-29(16)32/h2-9,11H,10,12-13H2,1H3,(H,25,30)(H,26,27). The molecule has 0 aliphatic carbocycles. The van der Waals surface area contributed by atoms with Gasteiger partial charge in [-0.2, -0.15) is 13.5 Å². The minimum absolute atomic E-state index is 0.0154. The topological polar surface area (TPSA) is 137 Å². The van der Waals surface area contributed by atoms with E-state index in [-0.39, 0.29) is 21.3 Å². The van der Waals surface area contributed by atoms with Crippen molar-refractivity contribution in [1.82, 2.24) is 14.9 Å². The van der Waals surface area contributed by atoms with Crippen molar-refractivity contribution in [2.45, 2.75) is 23.9 Å². The van der Waals surface area contributed by atoms with E-state index >= 15 is 0 Å². The van der Waals surface area contributed by atoms with E-state index in [4.69, 9.17) is 11.6 Å². The Morgan fingerprint density at radius 3 is 2.60 bits per heavy atom. The van der Waals surface area contributed by atoms with Crippen LogP contribution in [-0.2, 0) is 33.6 Å². The lowest BCUT2D eigenvalue weighted by atomic mass is 10.2. The zero-order valence-corrected chi connectivity index (χ0v) is 19.8. The van der Waals surface area contributed by atoms with E-state index in [1.807, 2.05) is 0 Å². The Morgan fingerprint density at radius 2 is 1.91 bits per heavy atom. The summed E-state index contributed by atoms with van der Waals surface area (Å²) in [5.41, 5.74) is -1.42. The lowest BCUT2D eigenvalue weighted by molar-refractivity contribution is -0.624. The van der Waals surface area contributed by atoms with E-state index in [2.05, 4.69) is 15.6 Å². The first-order valence-electron chi connectivity index (χ1n) is 10.0. The van der Waals surface area contributed by atoms with Gasteiger partial charge < -0.3 is 15.8 Å². The SMILES string of the molecule is CS(=O)(=O)c1ccccc1CNC(=O)Cn1c(Cl)cnc(NCC(F)(F)c2cccc[n+]2[O-])c1=O. The van der Waals surface area contributed by atoms with Crippen molar-refractivity contribution in [3.63, 3.8) is 0 Å². The molecule has 10 nitrogen and oxygen atoms in total. The van der Waals surface area contributed by atoms with Crippen LogP contribution in [0.25, 0.3) is 0 Å². The van der Waals surface area contributed by atoms with Crippen LogP contribution in [0, 0.1) is 5.21 Å². The van der Waals surface area contributed by atoms with Crippen molar-refractivity contribution < 1.29 is 26.7 Å². The smallest absolute Gasteiger partial charge is 0.347 e. The Kier molecular flexibility index (Phi) is 7.70. The van der Waals surface area contributed by atoms with Crippen LogP contribution in [-0.4, -0.2) is 36.7 Å². The van der Waals surface area contributed by atoms with E-state index in [0.29, 0.717) is 5.56 Å². The molecule has 2 N–H and O–H groups in total. The first-order valence-corrected chi connectivity index (χ1v) is 12.3. The molecule has 0 radical (unpaired) electrons. The number of benzene rings is 1. The van der Waals surface area contributed by atoms with Crippen LogP contribution in [0.5, 0.6) is 0 Å². The lowest BCUT2D eigenvalue weighted by Crippen LogP contribution is -2.41. The molecule has 0 saturated carbocycles. The molecule has 1 amide bonds. The highest BCUT2D eigenvalue weighted by molar-refractivity contribution is 7.90. The minimum Gasteiger partial charge on any atom is -0.618 e. The van der Waals surface area contributed by atoms with E-state index < -0.39 is 51.8 Å². The molecule has 14 heteroatoms. The third-order valence-corrected chi connectivity index (χ3v) is 6.33. The molecule has 0 fully saturated rings. The number of alkyl halides is 2. The summed E-state index contributed by atoms with van der Waals surface area (Å²) in [6.07, 6.45) is 2.96. The van der Waals surface area contributed by atoms with E-state index in [1.54, 1.807) is 12.1 Å². The number of anilines is 1. The van der Waals surface area contributed by atoms with Gasteiger partial charge in [-0.1, -0.05) is 29.8 Å². The number of sulfone groups is 1. The molecule has 0 unspecified atom stereocenters. The highest BCUT2D eigenvalue weighted by Crippen LogP contribution is 2.25. The number of carbonyl (C=O) groups excluding carboxylic acids is 1. The van der Waals surface area contributed by atoms with Crippen molar-refractivity contribution in [1.29, 1.82) is 0 Å². The van der Waals surface area contributed by atoms with Crippen LogP contribution in [0.15, 0.2) is 64.5 Å². The maximum atomic E-state index is 14.4. The fourth-order valence-corrected chi connectivity index (χ4v) is 4.27. The molecule has 0 aliphatic heterocycles. The lowest BCUT2D eigenvalue weighted by Gasteiger charge is -2.17. The van der Waals surface area contributed by atoms with Gasteiger partial charge >= 0.3 is 5.92 Å². The van der Waals surface area contributed by atoms with Crippen molar-refractivity contribution in [3.05, 3.63) is 86.8 Å². The van der Waals surface area contributed by atoms with Crippen molar-refractivity contribution in [2.24, 2.45) is 0 Å². The molecule has 0 spiro atoms. The Hall–Kier alpha value is -3.58. The normalized spacial score (nSPS) is 11.8. The predicted octanol–water partition coefficient (Wildman–Crippen LogP) is 1.45. The average Bonchev–Trinajstić information content (AvgIpc) is 2.79. The number of halogens is 3. The fourth-order valence-electron chi connectivity index (χ4n) is 3.14. The molecular weight excluding hydrogens is 508 g/mol. The van der Waals surface area contributed by atoms with Crippen LogP contribution in [0.3, 0.4) is 0 Å². The number of nitrogens with zero attached hydrogens (tertiary/aromatic N) is 3. The third kappa shape index (κ3) is 6.31. The molecule has 0 saturated heterocycles. The van der Waals surface area contributed by atoms with Gasteiger partial charge in [-0.15, -0.1) is 0 Å². The molecule has 0 aliphatic rings. The molecule has 3 aromatic rings. The number of carbonyl (C=O) groups is 1. The molecule has 0 atom stereocenters. The van der Waals surface area contributed by atoms with Gasteiger partial charge in [-0.3, -0.25) is 14.2 Å². The molecule has 2 heterocycles.